The Morgan fingerprint density at radius 2 is 2.23 bits per heavy atom. The average Bonchev–Trinajstić information content (AvgIpc) is 2.89. The monoisotopic (exact) mass is 325 g/mol. The van der Waals surface area contributed by atoms with Crippen molar-refractivity contribution in [1.29, 1.82) is 0 Å². The van der Waals surface area contributed by atoms with Crippen molar-refractivity contribution in [2.75, 3.05) is 12.0 Å². The molecule has 0 aliphatic heterocycles. The maximum absolute atomic E-state index is 13.6. The molecule has 7 heteroatoms. The first-order valence-electron chi connectivity index (χ1n) is 6.93. The molecule has 1 heterocycles. The summed E-state index contributed by atoms with van der Waals surface area (Å²) in [5.74, 6) is -2.03. The fourth-order valence-corrected chi connectivity index (χ4v) is 2.29. The molecule has 22 heavy (non-hydrogen) atoms. The van der Waals surface area contributed by atoms with Crippen LogP contribution in [0.3, 0.4) is 0 Å². The van der Waals surface area contributed by atoms with E-state index in [2.05, 4.69) is 15.5 Å². The SMILES string of the molecule is CCCCOc1cc(C=NNc2nc(C)cs2)cc(F)c1F. The summed E-state index contributed by atoms with van der Waals surface area (Å²) in [4.78, 5) is 4.18. The number of anilines is 1. The van der Waals surface area contributed by atoms with Crippen molar-refractivity contribution in [1.82, 2.24) is 4.98 Å². The Balaban J connectivity index is 2.06. The maximum Gasteiger partial charge on any atom is 0.203 e. The lowest BCUT2D eigenvalue weighted by atomic mass is 10.2. The van der Waals surface area contributed by atoms with Crippen molar-refractivity contribution < 1.29 is 13.5 Å². The molecule has 0 bridgehead atoms. The zero-order chi connectivity index (χ0) is 15.9. The Kier molecular flexibility index (Phi) is 5.83. The second-order valence-electron chi connectivity index (χ2n) is 4.68. The van der Waals surface area contributed by atoms with Crippen LogP contribution in [0.15, 0.2) is 22.6 Å². The molecule has 0 spiro atoms. The van der Waals surface area contributed by atoms with Crippen LogP contribution >= 0.6 is 11.3 Å². The molecule has 0 unspecified atom stereocenters. The smallest absolute Gasteiger partial charge is 0.203 e. The number of ether oxygens (including phenoxy) is 1. The van der Waals surface area contributed by atoms with E-state index in [0.717, 1.165) is 24.6 Å². The van der Waals surface area contributed by atoms with Gasteiger partial charge in [0, 0.05) is 10.9 Å². The predicted octanol–water partition coefficient (Wildman–Crippen LogP) is 4.35. The van der Waals surface area contributed by atoms with Gasteiger partial charge in [0.15, 0.2) is 11.6 Å². The number of rotatable bonds is 7. The van der Waals surface area contributed by atoms with Crippen LogP contribution < -0.4 is 10.2 Å². The molecular weight excluding hydrogens is 308 g/mol. The Morgan fingerprint density at radius 3 is 2.91 bits per heavy atom. The number of nitrogens with one attached hydrogen (secondary N) is 1. The number of benzene rings is 1. The lowest BCUT2D eigenvalue weighted by Crippen LogP contribution is -2.02. The lowest BCUT2D eigenvalue weighted by molar-refractivity contribution is 0.288. The van der Waals surface area contributed by atoms with E-state index in [1.807, 2.05) is 19.2 Å². The number of halogens is 2. The summed E-state index contributed by atoms with van der Waals surface area (Å²) >= 11 is 1.41. The number of hydrogen-bond acceptors (Lipinski definition) is 5. The first kappa shape index (κ1) is 16.4. The van der Waals surface area contributed by atoms with E-state index in [0.29, 0.717) is 17.3 Å². The average molecular weight is 325 g/mol. The van der Waals surface area contributed by atoms with E-state index in [9.17, 15) is 8.78 Å². The van der Waals surface area contributed by atoms with Crippen molar-refractivity contribution in [2.45, 2.75) is 26.7 Å². The van der Waals surface area contributed by atoms with Crippen molar-refractivity contribution in [2.24, 2.45) is 5.10 Å². The Bertz CT molecular complexity index is 658. The highest BCUT2D eigenvalue weighted by atomic mass is 32.1. The summed E-state index contributed by atoms with van der Waals surface area (Å²) in [6.07, 6.45) is 3.10. The minimum atomic E-state index is -0.975. The van der Waals surface area contributed by atoms with Crippen LogP contribution in [0.4, 0.5) is 13.9 Å². The van der Waals surface area contributed by atoms with Crippen molar-refractivity contribution >= 4 is 22.7 Å². The molecule has 1 N–H and O–H groups in total. The molecule has 1 aromatic carbocycles. The summed E-state index contributed by atoms with van der Waals surface area (Å²) in [5, 5.41) is 6.48. The van der Waals surface area contributed by atoms with Crippen molar-refractivity contribution in [3.8, 4) is 5.75 Å². The summed E-state index contributed by atoms with van der Waals surface area (Å²) < 4.78 is 32.4. The van der Waals surface area contributed by atoms with Gasteiger partial charge < -0.3 is 4.74 Å². The van der Waals surface area contributed by atoms with Crippen LogP contribution in [0.1, 0.15) is 31.0 Å². The highest BCUT2D eigenvalue weighted by Crippen LogP contribution is 2.22. The minimum absolute atomic E-state index is 0.0972. The van der Waals surface area contributed by atoms with E-state index >= 15 is 0 Å². The molecule has 0 aliphatic carbocycles. The van der Waals surface area contributed by atoms with Crippen molar-refractivity contribution in [3.05, 3.63) is 40.4 Å². The van der Waals surface area contributed by atoms with Crippen LogP contribution in [0.25, 0.3) is 0 Å². The molecule has 0 amide bonds. The molecule has 0 saturated heterocycles. The lowest BCUT2D eigenvalue weighted by Gasteiger charge is -2.08. The van der Waals surface area contributed by atoms with E-state index in [-0.39, 0.29) is 5.75 Å². The van der Waals surface area contributed by atoms with Crippen LogP contribution in [-0.2, 0) is 0 Å². The van der Waals surface area contributed by atoms with Gasteiger partial charge in [-0.1, -0.05) is 13.3 Å². The predicted molar refractivity (Wildman–Crippen MR) is 84.8 cm³/mol. The number of hydrazone groups is 1. The minimum Gasteiger partial charge on any atom is -0.490 e. The normalized spacial score (nSPS) is 11.1. The van der Waals surface area contributed by atoms with Crippen LogP contribution in [-0.4, -0.2) is 17.8 Å². The number of nitrogens with zero attached hydrogens (tertiary/aromatic N) is 2. The van der Waals surface area contributed by atoms with Gasteiger partial charge >= 0.3 is 0 Å². The third-order valence-electron chi connectivity index (χ3n) is 2.77. The second kappa shape index (κ2) is 7.84. The van der Waals surface area contributed by atoms with Gasteiger partial charge in [0.05, 0.1) is 18.5 Å². The molecule has 0 atom stereocenters. The molecule has 0 aliphatic rings. The van der Waals surface area contributed by atoms with Gasteiger partial charge in [-0.3, -0.25) is 5.43 Å². The van der Waals surface area contributed by atoms with Gasteiger partial charge in [0.1, 0.15) is 0 Å². The van der Waals surface area contributed by atoms with Gasteiger partial charge in [-0.2, -0.15) is 9.49 Å². The standard InChI is InChI=1S/C15H17F2N3OS/c1-3-4-5-21-13-7-11(6-12(16)14(13)17)8-18-20-15-19-10(2)9-22-15/h6-9H,3-5H2,1-2H3,(H,19,20). The van der Waals surface area contributed by atoms with Gasteiger partial charge in [0.25, 0.3) is 0 Å². The second-order valence-corrected chi connectivity index (χ2v) is 5.54. The number of unbranched alkanes of at least 4 members (excludes halogenated alkanes) is 1. The molecule has 0 saturated carbocycles. The quantitative estimate of drug-likeness (QED) is 0.467. The number of hydrogen-bond donors (Lipinski definition) is 1. The number of thiazole rings is 1. The van der Waals surface area contributed by atoms with Crippen molar-refractivity contribution in [3.63, 3.8) is 0 Å². The first-order chi connectivity index (χ1) is 10.6. The van der Waals surface area contributed by atoms with Gasteiger partial charge in [-0.05, 0) is 25.5 Å². The molecule has 118 valence electrons. The molecule has 2 rings (SSSR count). The maximum atomic E-state index is 13.6. The van der Waals surface area contributed by atoms with E-state index in [1.54, 1.807) is 0 Å². The summed E-state index contributed by atoms with van der Waals surface area (Å²) in [6, 6.07) is 2.49. The Morgan fingerprint density at radius 1 is 1.41 bits per heavy atom. The number of aromatic nitrogens is 1. The van der Waals surface area contributed by atoms with Gasteiger partial charge in [-0.15, -0.1) is 11.3 Å². The van der Waals surface area contributed by atoms with Crippen LogP contribution in [0.5, 0.6) is 5.75 Å². The third-order valence-corrected chi connectivity index (χ3v) is 3.63. The largest absolute Gasteiger partial charge is 0.490 e. The zero-order valence-corrected chi connectivity index (χ0v) is 13.2. The fraction of sp³-hybridized carbons (Fsp3) is 0.333. The fourth-order valence-electron chi connectivity index (χ4n) is 1.66. The van der Waals surface area contributed by atoms with E-state index < -0.39 is 11.6 Å². The first-order valence-corrected chi connectivity index (χ1v) is 7.81. The molecular formula is C15H17F2N3OS. The van der Waals surface area contributed by atoms with Gasteiger partial charge in [-0.25, -0.2) is 9.37 Å². The molecule has 2 aromatic rings. The van der Waals surface area contributed by atoms with Gasteiger partial charge in [0.2, 0.25) is 10.9 Å². The van der Waals surface area contributed by atoms with Crippen LogP contribution in [0, 0.1) is 18.6 Å². The highest BCUT2D eigenvalue weighted by molar-refractivity contribution is 7.13. The highest BCUT2D eigenvalue weighted by Gasteiger charge is 2.11. The summed E-state index contributed by atoms with van der Waals surface area (Å²) in [5.41, 5.74) is 4.04. The third kappa shape index (κ3) is 4.49. The summed E-state index contributed by atoms with van der Waals surface area (Å²) in [7, 11) is 0. The zero-order valence-electron chi connectivity index (χ0n) is 12.4. The van der Waals surface area contributed by atoms with E-state index in [1.165, 1.54) is 23.6 Å². The molecule has 1 aromatic heterocycles. The topological polar surface area (TPSA) is 46.5 Å². The molecule has 4 nitrogen and oxygen atoms in total. The Hall–Kier alpha value is -2.02. The summed E-state index contributed by atoms with van der Waals surface area (Å²) in [6.45, 7) is 4.22. The van der Waals surface area contributed by atoms with E-state index in [4.69, 9.17) is 4.74 Å². The molecule has 0 radical (unpaired) electrons. The Labute approximate surface area is 131 Å². The number of aryl methyl sites for hydroxylation is 1. The van der Waals surface area contributed by atoms with Crippen LogP contribution in [0.2, 0.25) is 0 Å². The molecule has 0 fully saturated rings.